The van der Waals surface area contributed by atoms with Gasteiger partial charge in [-0.3, -0.25) is 0 Å². The van der Waals surface area contributed by atoms with E-state index in [0.29, 0.717) is 6.61 Å². The maximum Gasteiger partial charge on any atom is 0.131 e. The number of rotatable bonds is 4. The molecule has 0 bridgehead atoms. The van der Waals surface area contributed by atoms with Crippen molar-refractivity contribution in [2.45, 2.75) is 26.5 Å². The van der Waals surface area contributed by atoms with Crippen LogP contribution in [0.25, 0.3) is 0 Å². The highest BCUT2D eigenvalue weighted by molar-refractivity contribution is 7.07. The number of hydrogen-bond donors (Lipinski definition) is 1. The van der Waals surface area contributed by atoms with E-state index in [-0.39, 0.29) is 6.04 Å². The molecule has 0 aliphatic carbocycles. The maximum absolute atomic E-state index is 5.92. The maximum atomic E-state index is 5.92. The van der Waals surface area contributed by atoms with E-state index in [1.54, 1.807) is 16.8 Å². The monoisotopic (exact) mass is 248 g/mol. The molecule has 0 unspecified atom stereocenters. The van der Waals surface area contributed by atoms with E-state index < -0.39 is 0 Å². The summed E-state index contributed by atoms with van der Waals surface area (Å²) in [5.41, 5.74) is 10.9. The van der Waals surface area contributed by atoms with Gasteiger partial charge in [-0.05, 0) is 25.5 Å². The molecule has 2 N–H and O–H groups in total. The fourth-order valence-electron chi connectivity index (χ4n) is 1.60. The lowest BCUT2D eigenvalue weighted by molar-refractivity contribution is 0.297. The number of benzene rings is 1. The predicted molar refractivity (Wildman–Crippen MR) is 70.2 cm³/mol. The van der Waals surface area contributed by atoms with Crippen LogP contribution in [0.15, 0.2) is 29.1 Å². The van der Waals surface area contributed by atoms with Gasteiger partial charge in [0, 0.05) is 17.0 Å². The fourth-order valence-corrected chi connectivity index (χ4v) is 2.15. The Kier molecular flexibility index (Phi) is 3.76. The Morgan fingerprint density at radius 3 is 2.94 bits per heavy atom. The number of aromatic nitrogens is 1. The van der Waals surface area contributed by atoms with Crippen molar-refractivity contribution in [2.24, 2.45) is 5.73 Å². The second kappa shape index (κ2) is 5.29. The van der Waals surface area contributed by atoms with Crippen LogP contribution >= 0.6 is 11.3 Å². The van der Waals surface area contributed by atoms with Crippen molar-refractivity contribution in [3.8, 4) is 5.75 Å². The number of aryl methyl sites for hydroxylation is 1. The molecule has 1 aromatic heterocycles. The molecular weight excluding hydrogens is 232 g/mol. The first-order valence-electron chi connectivity index (χ1n) is 5.53. The van der Waals surface area contributed by atoms with Gasteiger partial charge in [-0.2, -0.15) is 0 Å². The summed E-state index contributed by atoms with van der Waals surface area (Å²) in [5, 5.41) is 1.99. The summed E-state index contributed by atoms with van der Waals surface area (Å²) in [5.74, 6) is 0.855. The van der Waals surface area contributed by atoms with Crippen molar-refractivity contribution in [3.05, 3.63) is 45.9 Å². The molecule has 0 saturated heterocycles. The Hall–Kier alpha value is -1.39. The highest BCUT2D eigenvalue weighted by Crippen LogP contribution is 2.25. The first-order chi connectivity index (χ1) is 8.16. The molecule has 3 nitrogen and oxygen atoms in total. The fraction of sp³-hybridized carbons (Fsp3) is 0.308. The quantitative estimate of drug-likeness (QED) is 0.904. The van der Waals surface area contributed by atoms with Gasteiger partial charge in [-0.1, -0.05) is 12.1 Å². The lowest BCUT2D eigenvalue weighted by Gasteiger charge is -2.14. The molecule has 1 atom stereocenters. The molecular formula is C13H16N2OS. The predicted octanol–water partition coefficient (Wildman–Crippen LogP) is 3.05. The van der Waals surface area contributed by atoms with E-state index >= 15 is 0 Å². The van der Waals surface area contributed by atoms with E-state index in [1.165, 1.54) is 5.56 Å². The lowest BCUT2D eigenvalue weighted by atomic mass is 10.1. The van der Waals surface area contributed by atoms with Crippen molar-refractivity contribution < 1.29 is 4.74 Å². The summed E-state index contributed by atoms with van der Waals surface area (Å²) in [4.78, 5) is 4.19. The summed E-state index contributed by atoms with van der Waals surface area (Å²) >= 11 is 1.57. The van der Waals surface area contributed by atoms with Gasteiger partial charge in [-0.15, -0.1) is 11.3 Å². The Labute approximate surface area is 105 Å². The van der Waals surface area contributed by atoms with Gasteiger partial charge in [0.05, 0.1) is 11.2 Å². The lowest BCUT2D eigenvalue weighted by Crippen LogP contribution is -2.08. The minimum absolute atomic E-state index is 0.0268. The van der Waals surface area contributed by atoms with Gasteiger partial charge < -0.3 is 10.5 Å². The third kappa shape index (κ3) is 3.05. The van der Waals surface area contributed by atoms with Crippen LogP contribution < -0.4 is 10.5 Å². The van der Waals surface area contributed by atoms with Gasteiger partial charge >= 0.3 is 0 Å². The Morgan fingerprint density at radius 1 is 1.47 bits per heavy atom. The zero-order chi connectivity index (χ0) is 12.3. The molecule has 0 spiro atoms. The number of ether oxygens (including phenoxy) is 1. The van der Waals surface area contributed by atoms with Gasteiger partial charge in [0.15, 0.2) is 0 Å². The summed E-state index contributed by atoms with van der Waals surface area (Å²) in [7, 11) is 0. The molecule has 1 heterocycles. The van der Waals surface area contributed by atoms with Gasteiger partial charge in [0.25, 0.3) is 0 Å². The second-order valence-corrected chi connectivity index (χ2v) is 4.82. The molecule has 0 aliphatic heterocycles. The third-order valence-electron chi connectivity index (χ3n) is 2.52. The average molecular weight is 248 g/mol. The summed E-state index contributed by atoms with van der Waals surface area (Å²) in [6, 6.07) is 6.07. The molecule has 0 fully saturated rings. The van der Waals surface area contributed by atoms with E-state index in [9.17, 15) is 0 Å². The molecule has 17 heavy (non-hydrogen) atoms. The highest BCUT2D eigenvalue weighted by Gasteiger charge is 2.08. The number of hydrogen-bond acceptors (Lipinski definition) is 4. The van der Waals surface area contributed by atoms with Crippen LogP contribution in [-0.2, 0) is 6.61 Å². The first-order valence-corrected chi connectivity index (χ1v) is 6.47. The smallest absolute Gasteiger partial charge is 0.131 e. The zero-order valence-electron chi connectivity index (χ0n) is 10.0. The topological polar surface area (TPSA) is 48.1 Å². The Bertz CT molecular complexity index is 480. The number of nitrogens with two attached hydrogens (primary N) is 1. The van der Waals surface area contributed by atoms with Crippen LogP contribution in [-0.4, -0.2) is 4.98 Å². The summed E-state index contributed by atoms with van der Waals surface area (Å²) in [6.45, 7) is 4.49. The first kappa shape index (κ1) is 12.1. The largest absolute Gasteiger partial charge is 0.487 e. The zero-order valence-corrected chi connectivity index (χ0v) is 10.8. The van der Waals surface area contributed by atoms with Crippen molar-refractivity contribution in [1.29, 1.82) is 0 Å². The molecule has 2 rings (SSSR count). The van der Waals surface area contributed by atoms with Gasteiger partial charge in [0.1, 0.15) is 12.4 Å². The van der Waals surface area contributed by atoms with E-state index in [4.69, 9.17) is 10.5 Å². The molecule has 2 aromatic rings. The second-order valence-electron chi connectivity index (χ2n) is 4.10. The number of nitrogens with zero attached hydrogens (tertiary/aromatic N) is 1. The van der Waals surface area contributed by atoms with Crippen LogP contribution in [0.1, 0.15) is 29.8 Å². The molecule has 1 aromatic carbocycles. The number of thiazole rings is 1. The van der Waals surface area contributed by atoms with Gasteiger partial charge in [-0.25, -0.2) is 4.98 Å². The van der Waals surface area contributed by atoms with E-state index in [1.807, 2.05) is 37.4 Å². The van der Waals surface area contributed by atoms with Crippen LogP contribution in [0.2, 0.25) is 0 Å². The average Bonchev–Trinajstić information content (AvgIpc) is 2.78. The Balaban J connectivity index is 2.16. The molecule has 0 saturated carbocycles. The van der Waals surface area contributed by atoms with E-state index in [2.05, 4.69) is 4.98 Å². The van der Waals surface area contributed by atoms with Crippen molar-refractivity contribution in [3.63, 3.8) is 0 Å². The normalized spacial score (nSPS) is 12.4. The minimum Gasteiger partial charge on any atom is -0.487 e. The molecule has 0 radical (unpaired) electrons. The summed E-state index contributed by atoms with van der Waals surface area (Å²) < 4.78 is 5.79. The standard InChI is InChI=1S/C13H16N2OS/c1-9-3-4-12(10(2)14)13(5-9)16-6-11-7-17-8-15-11/h3-5,7-8,10H,6,14H2,1-2H3/t10-/m0/s1. The van der Waals surface area contributed by atoms with Crippen LogP contribution in [0, 0.1) is 6.92 Å². The highest BCUT2D eigenvalue weighted by atomic mass is 32.1. The van der Waals surface area contributed by atoms with Crippen molar-refractivity contribution >= 4 is 11.3 Å². The SMILES string of the molecule is Cc1ccc([C@H](C)N)c(OCc2cscn2)c1. The van der Waals surface area contributed by atoms with Gasteiger partial charge in [0.2, 0.25) is 0 Å². The van der Waals surface area contributed by atoms with Crippen molar-refractivity contribution in [1.82, 2.24) is 4.98 Å². The third-order valence-corrected chi connectivity index (χ3v) is 3.15. The van der Waals surface area contributed by atoms with Crippen LogP contribution in [0.5, 0.6) is 5.75 Å². The van der Waals surface area contributed by atoms with E-state index in [0.717, 1.165) is 17.0 Å². The van der Waals surface area contributed by atoms with Crippen molar-refractivity contribution in [2.75, 3.05) is 0 Å². The summed E-state index contributed by atoms with van der Waals surface area (Å²) in [6.07, 6.45) is 0. The molecule has 90 valence electrons. The van der Waals surface area contributed by atoms with Crippen LogP contribution in [0.3, 0.4) is 0 Å². The molecule has 0 aliphatic rings. The Morgan fingerprint density at radius 2 is 2.29 bits per heavy atom. The van der Waals surface area contributed by atoms with Crippen LogP contribution in [0.4, 0.5) is 0 Å². The minimum atomic E-state index is -0.0268. The molecule has 4 heteroatoms. The molecule has 0 amide bonds.